The quantitative estimate of drug-likeness (QED) is 0.201. The van der Waals surface area contributed by atoms with Crippen LogP contribution in [0.3, 0.4) is 0 Å². The summed E-state index contributed by atoms with van der Waals surface area (Å²) in [7, 11) is -4.60. The Labute approximate surface area is 253 Å². The fraction of sp³-hybridized carbons (Fsp3) is 0.0323. The molecule has 45 heavy (non-hydrogen) atoms. The van der Waals surface area contributed by atoms with Crippen LogP contribution < -0.4 is 15.1 Å². The second-order valence-corrected chi connectivity index (χ2v) is 11.4. The Bertz CT molecular complexity index is 2070. The Morgan fingerprint density at radius 1 is 0.822 bits per heavy atom. The number of rotatable bonds is 6. The predicted octanol–water partition coefficient (Wildman–Crippen LogP) is 6.97. The SMILES string of the molecule is O=C(Nc1ccc(Oc2ccncc2-c2cccnc2)c(F)c1)C1=NN(c2ccccc2C(F)(F)F)c2ccccc2S1(=O)=O. The van der Waals surface area contributed by atoms with Crippen molar-refractivity contribution in [3.63, 3.8) is 0 Å². The minimum atomic E-state index is -4.81. The van der Waals surface area contributed by atoms with Crippen molar-refractivity contribution in [3.05, 3.63) is 121 Å². The van der Waals surface area contributed by atoms with Crippen molar-refractivity contribution in [3.8, 4) is 22.6 Å². The smallest absolute Gasteiger partial charge is 0.418 e. The Balaban J connectivity index is 1.32. The van der Waals surface area contributed by atoms with Crippen LogP contribution >= 0.6 is 0 Å². The Morgan fingerprint density at radius 3 is 2.29 bits per heavy atom. The van der Waals surface area contributed by atoms with Crippen molar-refractivity contribution in [2.75, 3.05) is 10.3 Å². The van der Waals surface area contributed by atoms with E-state index in [9.17, 15) is 26.4 Å². The highest BCUT2D eigenvalue weighted by Crippen LogP contribution is 2.43. The number of anilines is 3. The zero-order chi connectivity index (χ0) is 31.8. The third-order valence-electron chi connectivity index (χ3n) is 6.62. The molecule has 6 rings (SSSR count). The van der Waals surface area contributed by atoms with Crippen LogP contribution in [0.2, 0.25) is 0 Å². The molecule has 3 aromatic carbocycles. The molecule has 5 aromatic rings. The van der Waals surface area contributed by atoms with E-state index in [1.807, 2.05) is 0 Å². The first kappa shape index (κ1) is 29.4. The van der Waals surface area contributed by atoms with E-state index in [2.05, 4.69) is 20.4 Å². The van der Waals surface area contributed by atoms with Gasteiger partial charge in [-0.2, -0.15) is 13.2 Å². The third-order valence-corrected chi connectivity index (χ3v) is 8.32. The maximum atomic E-state index is 15.2. The Hall–Kier alpha value is -5.63. The van der Waals surface area contributed by atoms with Gasteiger partial charge in [0.1, 0.15) is 5.75 Å². The van der Waals surface area contributed by atoms with Gasteiger partial charge in [0.05, 0.1) is 21.8 Å². The van der Waals surface area contributed by atoms with Gasteiger partial charge in [0, 0.05) is 47.7 Å². The molecule has 226 valence electrons. The van der Waals surface area contributed by atoms with Crippen LogP contribution in [-0.2, 0) is 20.8 Å². The van der Waals surface area contributed by atoms with Gasteiger partial charge in [-0.05, 0) is 48.5 Å². The summed E-state index contributed by atoms with van der Waals surface area (Å²) in [5.41, 5.74) is -0.716. The van der Waals surface area contributed by atoms with E-state index in [4.69, 9.17) is 4.74 Å². The van der Waals surface area contributed by atoms with Crippen molar-refractivity contribution < 1.29 is 35.5 Å². The monoisotopic (exact) mass is 633 g/mol. The fourth-order valence-electron chi connectivity index (χ4n) is 4.59. The number of amides is 1. The van der Waals surface area contributed by atoms with E-state index in [0.29, 0.717) is 11.1 Å². The van der Waals surface area contributed by atoms with E-state index in [-0.39, 0.29) is 22.9 Å². The summed E-state index contributed by atoms with van der Waals surface area (Å²) in [6, 6.07) is 18.0. The maximum absolute atomic E-state index is 15.2. The number of halogens is 4. The van der Waals surface area contributed by atoms with Crippen molar-refractivity contribution >= 4 is 37.9 Å². The lowest BCUT2D eigenvalue weighted by Crippen LogP contribution is -2.36. The van der Waals surface area contributed by atoms with E-state index >= 15 is 4.39 Å². The minimum absolute atomic E-state index is 0.161. The third kappa shape index (κ3) is 5.70. The predicted molar refractivity (Wildman–Crippen MR) is 157 cm³/mol. The highest BCUT2D eigenvalue weighted by Gasteiger charge is 2.41. The number of nitrogens with one attached hydrogen (secondary N) is 1. The van der Waals surface area contributed by atoms with Crippen LogP contribution in [0.25, 0.3) is 11.1 Å². The van der Waals surface area contributed by atoms with Gasteiger partial charge in [-0.1, -0.05) is 30.3 Å². The number of hydrogen-bond acceptors (Lipinski definition) is 8. The Morgan fingerprint density at radius 2 is 1.56 bits per heavy atom. The van der Waals surface area contributed by atoms with Gasteiger partial charge in [-0.15, -0.1) is 5.10 Å². The lowest BCUT2D eigenvalue weighted by Gasteiger charge is -2.29. The molecule has 0 atom stereocenters. The maximum Gasteiger partial charge on any atom is 0.418 e. The molecule has 0 aliphatic carbocycles. The topological polar surface area (TPSA) is 114 Å². The minimum Gasteiger partial charge on any atom is -0.454 e. The number of pyridine rings is 2. The second kappa shape index (κ2) is 11.5. The van der Waals surface area contributed by atoms with Crippen LogP contribution in [0.5, 0.6) is 11.5 Å². The molecule has 0 spiro atoms. The first-order chi connectivity index (χ1) is 21.5. The number of benzene rings is 3. The highest BCUT2D eigenvalue weighted by atomic mass is 32.2. The number of ether oxygens (including phenoxy) is 1. The summed E-state index contributed by atoms with van der Waals surface area (Å²) in [6.45, 7) is 0. The number of nitrogens with zero attached hydrogens (tertiary/aromatic N) is 4. The molecule has 2 aromatic heterocycles. The zero-order valence-electron chi connectivity index (χ0n) is 22.7. The molecule has 0 fully saturated rings. The van der Waals surface area contributed by atoms with Crippen molar-refractivity contribution in [2.45, 2.75) is 11.1 Å². The van der Waals surface area contributed by atoms with Crippen LogP contribution in [0, 0.1) is 5.82 Å². The summed E-state index contributed by atoms with van der Waals surface area (Å²) < 4.78 is 89.4. The molecule has 0 unspecified atom stereocenters. The molecule has 3 heterocycles. The standard InChI is InChI=1S/C31H19F4N5O4S/c32-23-16-20(11-12-27(23)44-26-13-15-37-18-21(26)19-6-5-14-36-17-19)38-29(41)30-39-40(24-8-2-1-7-22(24)31(33,34)35)25-9-3-4-10-28(25)45(30,42)43/h1-18H,(H,38,41). The molecule has 1 aliphatic rings. The van der Waals surface area contributed by atoms with Crippen molar-refractivity contribution in [1.29, 1.82) is 0 Å². The van der Waals surface area contributed by atoms with E-state index in [0.717, 1.165) is 29.3 Å². The first-order valence-electron chi connectivity index (χ1n) is 13.1. The summed E-state index contributed by atoms with van der Waals surface area (Å²) in [5, 5.41) is 5.81. The number of hydrazone groups is 1. The second-order valence-electron chi connectivity index (χ2n) is 9.52. The lowest BCUT2D eigenvalue weighted by molar-refractivity contribution is -0.137. The van der Waals surface area contributed by atoms with Gasteiger partial charge in [0.2, 0.25) is 14.9 Å². The molecule has 1 aliphatic heterocycles. The van der Waals surface area contributed by atoms with Crippen LogP contribution in [-0.4, -0.2) is 29.3 Å². The van der Waals surface area contributed by atoms with Crippen LogP contribution in [0.4, 0.5) is 34.6 Å². The Kier molecular flexibility index (Phi) is 7.50. The number of carbonyl (C=O) groups is 1. The summed E-state index contributed by atoms with van der Waals surface area (Å²) >= 11 is 0. The number of hydrogen-bond donors (Lipinski definition) is 1. The fourth-order valence-corrected chi connectivity index (χ4v) is 5.97. The summed E-state index contributed by atoms with van der Waals surface area (Å²) in [6.07, 6.45) is 1.35. The van der Waals surface area contributed by atoms with E-state index in [1.54, 1.807) is 24.5 Å². The summed E-state index contributed by atoms with van der Waals surface area (Å²) in [5.74, 6) is -2.13. The normalized spacial score (nSPS) is 13.9. The molecule has 0 radical (unpaired) electrons. The largest absolute Gasteiger partial charge is 0.454 e. The van der Waals surface area contributed by atoms with Gasteiger partial charge < -0.3 is 10.1 Å². The molecular formula is C31H19F4N5O4S. The van der Waals surface area contributed by atoms with Crippen LogP contribution in [0.15, 0.2) is 120 Å². The van der Waals surface area contributed by atoms with Gasteiger partial charge in [-0.3, -0.25) is 14.8 Å². The van der Waals surface area contributed by atoms with Gasteiger partial charge in [0.25, 0.3) is 5.91 Å². The number of fused-ring (bicyclic) bond motifs is 1. The molecule has 14 heteroatoms. The van der Waals surface area contributed by atoms with Crippen molar-refractivity contribution in [2.24, 2.45) is 5.10 Å². The first-order valence-corrected chi connectivity index (χ1v) is 14.5. The number of aromatic nitrogens is 2. The van der Waals surface area contributed by atoms with Gasteiger partial charge in [0.15, 0.2) is 11.6 Å². The van der Waals surface area contributed by atoms with Gasteiger partial charge >= 0.3 is 6.18 Å². The number of carbonyl (C=O) groups excluding carboxylic acids is 1. The molecule has 1 N–H and O–H groups in total. The van der Waals surface area contributed by atoms with Gasteiger partial charge in [-0.25, -0.2) is 17.8 Å². The van der Waals surface area contributed by atoms with E-state index < -0.39 is 48.9 Å². The highest BCUT2D eigenvalue weighted by molar-refractivity contribution is 8.08. The van der Waals surface area contributed by atoms with Crippen molar-refractivity contribution in [1.82, 2.24) is 9.97 Å². The molecule has 0 saturated heterocycles. The molecular weight excluding hydrogens is 614 g/mol. The van der Waals surface area contributed by atoms with Crippen LogP contribution in [0.1, 0.15) is 5.56 Å². The lowest BCUT2D eigenvalue weighted by atomic mass is 10.1. The zero-order valence-corrected chi connectivity index (χ0v) is 23.6. The molecule has 9 nitrogen and oxygen atoms in total. The van der Waals surface area contributed by atoms with E-state index in [1.165, 1.54) is 60.9 Å². The molecule has 1 amide bonds. The average Bonchev–Trinajstić information content (AvgIpc) is 3.03. The number of sulfone groups is 1. The summed E-state index contributed by atoms with van der Waals surface area (Å²) in [4.78, 5) is 21.0. The number of para-hydroxylation sites is 2. The molecule has 0 bridgehead atoms. The molecule has 0 saturated carbocycles. The average molecular weight is 634 g/mol. The number of alkyl halides is 3.